The molecule has 0 saturated carbocycles. The standard InChI is InChI=1S/C20H37N5O5PSi/c1-8-28-31(26,29-9-2)11-10-15(17(20(3,4)5)30-32(6)7)12-27-25-14-24-16-18(21)22-13-23-19(16)25/h13-15,17H,8-12H2,1-7H3,(H2,21,22,23). The number of hydrogen-bond acceptors (Lipinski definition) is 9. The molecule has 12 heteroatoms. The quantitative estimate of drug-likeness (QED) is 0.332. The summed E-state index contributed by atoms with van der Waals surface area (Å²) in [5.74, 6) is 0.226. The fourth-order valence-electron chi connectivity index (χ4n) is 3.54. The number of imidazole rings is 1. The molecule has 2 unspecified atom stereocenters. The molecule has 0 bridgehead atoms. The van der Waals surface area contributed by atoms with Gasteiger partial charge in [0.1, 0.15) is 19.3 Å². The molecule has 10 nitrogen and oxygen atoms in total. The van der Waals surface area contributed by atoms with Gasteiger partial charge < -0.3 is 24.0 Å². The summed E-state index contributed by atoms with van der Waals surface area (Å²) in [5, 5.41) is 0. The Morgan fingerprint density at radius 1 is 1.16 bits per heavy atom. The molecule has 1 radical (unpaired) electrons. The second kappa shape index (κ2) is 11.6. The summed E-state index contributed by atoms with van der Waals surface area (Å²) < 4.78 is 32.0. The van der Waals surface area contributed by atoms with Crippen molar-refractivity contribution < 1.29 is 22.9 Å². The van der Waals surface area contributed by atoms with Gasteiger partial charge in [0, 0.05) is 5.92 Å². The van der Waals surface area contributed by atoms with E-state index < -0.39 is 16.6 Å². The van der Waals surface area contributed by atoms with Crippen LogP contribution in [-0.2, 0) is 18.0 Å². The first-order chi connectivity index (χ1) is 15.0. The molecule has 0 saturated heterocycles. The lowest BCUT2D eigenvalue weighted by Gasteiger charge is -2.38. The van der Waals surface area contributed by atoms with Crippen LogP contribution in [0.25, 0.3) is 11.2 Å². The summed E-state index contributed by atoms with van der Waals surface area (Å²) in [5.41, 5.74) is 6.71. The number of hydrogen-bond donors (Lipinski definition) is 1. The van der Waals surface area contributed by atoms with Gasteiger partial charge >= 0.3 is 7.60 Å². The fraction of sp³-hybridized carbons (Fsp3) is 0.750. The number of fused-ring (bicyclic) bond motifs is 1. The van der Waals surface area contributed by atoms with Gasteiger partial charge in [-0.15, -0.1) is 0 Å². The van der Waals surface area contributed by atoms with Gasteiger partial charge in [0.15, 0.2) is 11.3 Å². The Balaban J connectivity index is 2.27. The Kier molecular flexibility index (Phi) is 9.65. The second-order valence-electron chi connectivity index (χ2n) is 8.83. The lowest BCUT2D eigenvalue weighted by atomic mass is 9.80. The van der Waals surface area contributed by atoms with Gasteiger partial charge in [-0.1, -0.05) is 20.8 Å². The Hall–Kier alpha value is -1.52. The first-order valence-corrected chi connectivity index (χ1v) is 15.1. The van der Waals surface area contributed by atoms with Gasteiger partial charge in [-0.05, 0) is 38.8 Å². The molecule has 0 aliphatic carbocycles. The third-order valence-corrected chi connectivity index (χ3v) is 7.66. The van der Waals surface area contributed by atoms with Crippen LogP contribution in [0, 0.1) is 11.3 Å². The third-order valence-electron chi connectivity index (χ3n) is 4.83. The van der Waals surface area contributed by atoms with Crippen LogP contribution in [0.1, 0.15) is 41.0 Å². The molecule has 0 fully saturated rings. The first kappa shape index (κ1) is 26.7. The molecule has 2 heterocycles. The highest BCUT2D eigenvalue weighted by Crippen LogP contribution is 2.49. The van der Waals surface area contributed by atoms with Gasteiger partial charge in [-0.25, -0.2) is 15.0 Å². The van der Waals surface area contributed by atoms with E-state index in [1.807, 2.05) is 13.8 Å². The first-order valence-electron chi connectivity index (χ1n) is 10.9. The molecule has 0 aliphatic rings. The lowest BCUT2D eigenvalue weighted by Crippen LogP contribution is -2.43. The van der Waals surface area contributed by atoms with Crippen LogP contribution in [-0.4, -0.2) is 60.8 Å². The van der Waals surface area contributed by atoms with Crippen molar-refractivity contribution in [3.8, 4) is 0 Å². The summed E-state index contributed by atoms with van der Waals surface area (Å²) in [6.45, 7) is 15.2. The van der Waals surface area contributed by atoms with E-state index in [1.54, 1.807) is 0 Å². The molecule has 0 spiro atoms. The van der Waals surface area contributed by atoms with Crippen molar-refractivity contribution in [1.29, 1.82) is 0 Å². The summed E-state index contributed by atoms with van der Waals surface area (Å²) >= 11 is 0. The number of rotatable bonds is 13. The van der Waals surface area contributed by atoms with Crippen molar-refractivity contribution in [3.63, 3.8) is 0 Å². The molecule has 181 valence electrons. The molecule has 0 aliphatic heterocycles. The predicted molar refractivity (Wildman–Crippen MR) is 127 cm³/mol. The molecule has 2 aromatic rings. The van der Waals surface area contributed by atoms with Gasteiger partial charge in [0.2, 0.25) is 14.7 Å². The molecular weight excluding hydrogens is 449 g/mol. The smallest absolute Gasteiger partial charge is 0.330 e. The SMILES string of the molecule is CCOP(=O)(CCC(COn1cnc2c(N)ncnc21)C(O[Si](C)C)C(C)(C)C)OCC. The summed E-state index contributed by atoms with van der Waals surface area (Å²) in [7, 11) is -4.18. The van der Waals surface area contributed by atoms with E-state index in [2.05, 4.69) is 48.8 Å². The highest BCUT2D eigenvalue weighted by atomic mass is 31.2. The lowest BCUT2D eigenvalue weighted by molar-refractivity contribution is -0.0170. The molecule has 32 heavy (non-hydrogen) atoms. The van der Waals surface area contributed by atoms with Gasteiger partial charge in [-0.2, -0.15) is 4.73 Å². The zero-order valence-electron chi connectivity index (χ0n) is 20.2. The van der Waals surface area contributed by atoms with Crippen LogP contribution in [0.4, 0.5) is 5.82 Å². The van der Waals surface area contributed by atoms with Crippen LogP contribution in [0.15, 0.2) is 12.7 Å². The van der Waals surface area contributed by atoms with Crippen LogP contribution in [0.5, 0.6) is 0 Å². The van der Waals surface area contributed by atoms with Crippen LogP contribution < -0.4 is 10.6 Å². The zero-order valence-corrected chi connectivity index (χ0v) is 22.1. The molecule has 2 aromatic heterocycles. The highest BCUT2D eigenvalue weighted by Gasteiger charge is 2.36. The Morgan fingerprint density at radius 2 is 1.81 bits per heavy atom. The van der Waals surface area contributed by atoms with Crippen molar-refractivity contribution in [2.75, 3.05) is 31.7 Å². The Morgan fingerprint density at radius 3 is 2.38 bits per heavy atom. The molecule has 2 rings (SSSR count). The van der Waals surface area contributed by atoms with Crippen molar-refractivity contribution >= 4 is 33.6 Å². The van der Waals surface area contributed by atoms with E-state index in [-0.39, 0.29) is 23.6 Å². The topological polar surface area (TPSA) is 124 Å². The summed E-state index contributed by atoms with van der Waals surface area (Å²) in [6.07, 6.45) is 3.63. The van der Waals surface area contributed by atoms with Crippen LogP contribution in [0.2, 0.25) is 13.1 Å². The third kappa shape index (κ3) is 7.24. The maximum absolute atomic E-state index is 13.1. The Labute approximate surface area is 192 Å². The summed E-state index contributed by atoms with van der Waals surface area (Å²) in [4.78, 5) is 18.5. The molecule has 2 atom stereocenters. The van der Waals surface area contributed by atoms with Gasteiger partial charge in [0.05, 0.1) is 25.5 Å². The van der Waals surface area contributed by atoms with Gasteiger partial charge in [-0.3, -0.25) is 4.57 Å². The number of nitrogens with two attached hydrogens (primary N) is 1. The van der Waals surface area contributed by atoms with Crippen molar-refractivity contribution in [2.45, 2.75) is 60.2 Å². The fourth-order valence-corrected chi connectivity index (χ4v) is 6.36. The minimum absolute atomic E-state index is 0.0687. The average Bonchev–Trinajstić information content (AvgIpc) is 3.11. The second-order valence-corrected chi connectivity index (χ2v) is 13.1. The van der Waals surface area contributed by atoms with E-state index in [0.29, 0.717) is 43.2 Å². The van der Waals surface area contributed by atoms with E-state index in [0.717, 1.165) is 0 Å². The summed E-state index contributed by atoms with van der Waals surface area (Å²) in [6, 6.07) is 0. The molecule has 0 aromatic carbocycles. The average molecular weight is 487 g/mol. The maximum atomic E-state index is 13.1. The zero-order chi connectivity index (χ0) is 23.9. The van der Waals surface area contributed by atoms with E-state index in [4.69, 9.17) is 24.0 Å². The van der Waals surface area contributed by atoms with E-state index >= 15 is 0 Å². The number of nitrogens with zero attached hydrogens (tertiary/aromatic N) is 4. The highest BCUT2D eigenvalue weighted by molar-refractivity contribution is 7.53. The Bertz CT molecular complexity index is 894. The van der Waals surface area contributed by atoms with Crippen molar-refractivity contribution in [2.24, 2.45) is 11.3 Å². The predicted octanol–water partition coefficient (Wildman–Crippen LogP) is 3.79. The van der Waals surface area contributed by atoms with E-state index in [1.165, 1.54) is 17.4 Å². The molecule has 2 N–H and O–H groups in total. The minimum atomic E-state index is -3.19. The minimum Gasteiger partial charge on any atom is -0.413 e. The molecular formula is C20H37N5O5PSi. The van der Waals surface area contributed by atoms with Crippen LogP contribution in [0.3, 0.4) is 0 Å². The monoisotopic (exact) mass is 486 g/mol. The van der Waals surface area contributed by atoms with Crippen molar-refractivity contribution in [3.05, 3.63) is 12.7 Å². The maximum Gasteiger partial charge on any atom is 0.330 e. The number of anilines is 1. The van der Waals surface area contributed by atoms with Gasteiger partial charge in [0.25, 0.3) is 0 Å². The van der Waals surface area contributed by atoms with Crippen LogP contribution >= 0.6 is 7.60 Å². The largest absolute Gasteiger partial charge is 0.413 e. The normalized spacial score (nSPS) is 14.8. The number of nitrogen functional groups attached to an aromatic ring is 1. The molecule has 0 amide bonds. The van der Waals surface area contributed by atoms with E-state index in [9.17, 15) is 4.57 Å². The number of aromatic nitrogens is 4. The van der Waals surface area contributed by atoms with Crippen molar-refractivity contribution in [1.82, 2.24) is 19.7 Å².